The molecule has 1 amide bonds. The van der Waals surface area contributed by atoms with Crippen molar-refractivity contribution in [3.05, 3.63) is 41.8 Å². The number of nitrogens with one attached hydrogen (secondary N) is 1. The van der Waals surface area contributed by atoms with E-state index in [4.69, 9.17) is 9.26 Å². The smallest absolute Gasteiger partial charge is 0.277 e. The molecule has 0 bridgehead atoms. The summed E-state index contributed by atoms with van der Waals surface area (Å²) in [7, 11) is 0. The molecular formula is C18H20N2O3. The number of amides is 1. The lowest BCUT2D eigenvalue weighted by atomic mass is 10.2. The third-order valence-corrected chi connectivity index (χ3v) is 4.46. The van der Waals surface area contributed by atoms with Crippen molar-refractivity contribution in [2.24, 2.45) is 0 Å². The third-order valence-electron chi connectivity index (χ3n) is 4.46. The molecule has 23 heavy (non-hydrogen) atoms. The van der Waals surface area contributed by atoms with Crippen LogP contribution in [-0.2, 0) is 0 Å². The zero-order valence-corrected chi connectivity index (χ0v) is 13.0. The van der Waals surface area contributed by atoms with E-state index in [1.807, 2.05) is 24.3 Å². The van der Waals surface area contributed by atoms with Crippen LogP contribution in [0.1, 0.15) is 60.7 Å². The summed E-state index contributed by atoms with van der Waals surface area (Å²) < 4.78 is 11.1. The second-order valence-corrected chi connectivity index (χ2v) is 6.39. The van der Waals surface area contributed by atoms with Crippen molar-refractivity contribution in [3.8, 4) is 5.75 Å². The molecule has 1 aromatic carbocycles. The maximum Gasteiger partial charge on any atom is 0.277 e. The Hall–Kier alpha value is -2.30. The number of nitrogens with zero attached hydrogens (tertiary/aromatic N) is 1. The topological polar surface area (TPSA) is 64.4 Å². The lowest BCUT2D eigenvalue weighted by Gasteiger charge is -2.13. The molecule has 2 aromatic rings. The Morgan fingerprint density at radius 1 is 1.13 bits per heavy atom. The predicted molar refractivity (Wildman–Crippen MR) is 85.8 cm³/mol. The van der Waals surface area contributed by atoms with Crippen molar-refractivity contribution in [1.29, 1.82) is 0 Å². The number of carbonyl (C=O) groups excluding carboxylic acids is 1. The van der Waals surface area contributed by atoms with E-state index >= 15 is 0 Å². The minimum Gasteiger partial charge on any atom is -0.490 e. The SMILES string of the molecule is O=C(Nc1ccc(OC2CCCC2)cc1)c1cc(C2CC2)on1. The first kappa shape index (κ1) is 14.3. The van der Waals surface area contributed by atoms with E-state index < -0.39 is 0 Å². The zero-order valence-electron chi connectivity index (χ0n) is 13.0. The number of benzene rings is 1. The van der Waals surface area contributed by atoms with E-state index in [2.05, 4.69) is 10.5 Å². The second kappa shape index (κ2) is 6.07. The van der Waals surface area contributed by atoms with Crippen molar-refractivity contribution in [2.75, 3.05) is 5.32 Å². The lowest BCUT2D eigenvalue weighted by molar-refractivity contribution is 0.101. The van der Waals surface area contributed by atoms with Crippen molar-refractivity contribution < 1.29 is 14.1 Å². The van der Waals surface area contributed by atoms with Gasteiger partial charge in [-0.05, 0) is 62.8 Å². The Morgan fingerprint density at radius 3 is 2.57 bits per heavy atom. The van der Waals surface area contributed by atoms with Gasteiger partial charge in [0.1, 0.15) is 11.5 Å². The molecule has 0 aliphatic heterocycles. The molecule has 0 saturated heterocycles. The first-order chi connectivity index (χ1) is 11.3. The van der Waals surface area contributed by atoms with Gasteiger partial charge in [0.05, 0.1) is 6.10 Å². The van der Waals surface area contributed by atoms with Crippen molar-refractivity contribution in [2.45, 2.75) is 50.5 Å². The summed E-state index contributed by atoms with van der Waals surface area (Å²) in [6.45, 7) is 0. The Labute approximate surface area is 135 Å². The quantitative estimate of drug-likeness (QED) is 0.901. The molecule has 5 heteroatoms. The van der Waals surface area contributed by atoms with Crippen LogP contribution >= 0.6 is 0 Å². The Balaban J connectivity index is 1.36. The van der Waals surface area contributed by atoms with Gasteiger partial charge in [-0.15, -0.1) is 0 Å². The molecular weight excluding hydrogens is 292 g/mol. The van der Waals surface area contributed by atoms with Gasteiger partial charge in [0.25, 0.3) is 5.91 Å². The minimum absolute atomic E-state index is 0.245. The molecule has 0 atom stereocenters. The van der Waals surface area contributed by atoms with Crippen LogP contribution in [0.4, 0.5) is 5.69 Å². The van der Waals surface area contributed by atoms with Crippen LogP contribution in [0.25, 0.3) is 0 Å². The van der Waals surface area contributed by atoms with Crippen molar-refractivity contribution >= 4 is 11.6 Å². The number of hydrogen-bond donors (Lipinski definition) is 1. The third kappa shape index (κ3) is 3.38. The van der Waals surface area contributed by atoms with Crippen LogP contribution in [0, 0.1) is 0 Å². The molecule has 0 spiro atoms. The number of hydrogen-bond acceptors (Lipinski definition) is 4. The van der Waals surface area contributed by atoms with Crippen LogP contribution in [-0.4, -0.2) is 17.2 Å². The van der Waals surface area contributed by atoms with Gasteiger partial charge >= 0.3 is 0 Å². The summed E-state index contributed by atoms with van der Waals surface area (Å²) in [5.41, 5.74) is 1.06. The molecule has 1 aromatic heterocycles. The van der Waals surface area contributed by atoms with Gasteiger partial charge < -0.3 is 14.6 Å². The molecule has 4 rings (SSSR count). The fourth-order valence-corrected chi connectivity index (χ4v) is 2.97. The highest BCUT2D eigenvalue weighted by molar-refractivity contribution is 6.02. The molecule has 0 radical (unpaired) electrons. The summed E-state index contributed by atoms with van der Waals surface area (Å²) in [6.07, 6.45) is 7.35. The molecule has 120 valence electrons. The fraction of sp³-hybridized carbons (Fsp3) is 0.444. The molecule has 2 aliphatic rings. The summed E-state index contributed by atoms with van der Waals surface area (Å²) in [6, 6.07) is 9.23. The van der Waals surface area contributed by atoms with Gasteiger partial charge in [-0.1, -0.05) is 5.16 Å². The maximum atomic E-state index is 12.2. The van der Waals surface area contributed by atoms with E-state index in [1.165, 1.54) is 12.8 Å². The first-order valence-corrected chi connectivity index (χ1v) is 8.32. The van der Waals surface area contributed by atoms with Gasteiger partial charge in [0, 0.05) is 17.7 Å². The van der Waals surface area contributed by atoms with Gasteiger partial charge in [0.2, 0.25) is 0 Å². The number of aromatic nitrogens is 1. The fourth-order valence-electron chi connectivity index (χ4n) is 2.97. The van der Waals surface area contributed by atoms with Gasteiger partial charge in [0.15, 0.2) is 5.69 Å². The number of ether oxygens (including phenoxy) is 1. The maximum absolute atomic E-state index is 12.2. The summed E-state index contributed by atoms with van der Waals surface area (Å²) in [5, 5.41) is 6.68. The number of carbonyl (C=O) groups is 1. The molecule has 1 heterocycles. The van der Waals surface area contributed by atoms with Gasteiger partial charge in [-0.2, -0.15) is 0 Å². The summed E-state index contributed by atoms with van der Waals surface area (Å²) in [4.78, 5) is 12.2. The Bertz CT molecular complexity index is 683. The summed E-state index contributed by atoms with van der Waals surface area (Å²) >= 11 is 0. The van der Waals surface area contributed by atoms with Crippen molar-refractivity contribution in [3.63, 3.8) is 0 Å². The molecule has 2 saturated carbocycles. The van der Waals surface area contributed by atoms with Gasteiger partial charge in [-0.25, -0.2) is 0 Å². The number of anilines is 1. The normalized spacial score (nSPS) is 18.1. The monoisotopic (exact) mass is 312 g/mol. The van der Waals surface area contributed by atoms with E-state index in [0.29, 0.717) is 17.7 Å². The molecule has 0 unspecified atom stereocenters. The van der Waals surface area contributed by atoms with E-state index in [9.17, 15) is 4.79 Å². The molecule has 1 N–H and O–H groups in total. The number of rotatable bonds is 5. The Morgan fingerprint density at radius 2 is 1.87 bits per heavy atom. The Kier molecular flexibility index (Phi) is 3.77. The first-order valence-electron chi connectivity index (χ1n) is 8.32. The van der Waals surface area contributed by atoms with Crippen LogP contribution in [0.15, 0.2) is 34.9 Å². The summed E-state index contributed by atoms with van der Waals surface area (Å²) in [5.74, 6) is 1.88. The standard InChI is InChI=1S/C18H20N2O3/c21-18(16-11-17(23-20-16)12-5-6-12)19-13-7-9-15(10-8-13)22-14-3-1-2-4-14/h7-12,14H,1-6H2,(H,19,21). The largest absolute Gasteiger partial charge is 0.490 e. The molecule has 2 fully saturated rings. The molecule has 5 nitrogen and oxygen atoms in total. The van der Waals surface area contributed by atoms with Crippen molar-refractivity contribution in [1.82, 2.24) is 5.16 Å². The highest BCUT2D eigenvalue weighted by Gasteiger charge is 2.28. The lowest BCUT2D eigenvalue weighted by Crippen LogP contribution is -2.13. The second-order valence-electron chi connectivity index (χ2n) is 6.39. The van der Waals surface area contributed by atoms with E-state index in [-0.39, 0.29) is 5.91 Å². The highest BCUT2D eigenvalue weighted by atomic mass is 16.5. The van der Waals surface area contributed by atoms with Crippen LogP contribution in [0.3, 0.4) is 0 Å². The van der Waals surface area contributed by atoms with Crippen LogP contribution < -0.4 is 10.1 Å². The van der Waals surface area contributed by atoms with Gasteiger partial charge in [-0.3, -0.25) is 4.79 Å². The average molecular weight is 312 g/mol. The molecule has 2 aliphatic carbocycles. The van der Waals surface area contributed by atoms with E-state index in [1.54, 1.807) is 6.07 Å². The predicted octanol–water partition coefficient (Wildman–Crippen LogP) is 4.13. The van der Waals surface area contributed by atoms with Crippen LogP contribution in [0.2, 0.25) is 0 Å². The van der Waals surface area contributed by atoms with E-state index in [0.717, 1.165) is 42.9 Å². The highest BCUT2D eigenvalue weighted by Crippen LogP contribution is 2.40. The average Bonchev–Trinajstić information content (AvgIpc) is 3.08. The zero-order chi connectivity index (χ0) is 15.6. The minimum atomic E-state index is -0.245. The van der Waals surface area contributed by atoms with Crippen LogP contribution in [0.5, 0.6) is 5.75 Å².